The minimum absolute atomic E-state index is 0.0188. The number of unbranched alkanes of at least 4 members (excludes halogenated alkanes) is 1. The highest BCUT2D eigenvalue weighted by Gasteiger charge is 2.29. The quantitative estimate of drug-likeness (QED) is 0.195. The van der Waals surface area contributed by atoms with Crippen molar-refractivity contribution in [3.8, 4) is 0 Å². The Morgan fingerprint density at radius 2 is 2.00 bits per heavy atom. The number of aromatic amines is 1. The van der Waals surface area contributed by atoms with Crippen LogP contribution in [0.25, 0.3) is 10.9 Å². The summed E-state index contributed by atoms with van der Waals surface area (Å²) in [5, 5.41) is 28.3. The Morgan fingerprint density at radius 3 is 2.72 bits per heavy atom. The molecule has 11 nitrogen and oxygen atoms in total. The Labute approximate surface area is 218 Å². The first-order valence-corrected chi connectivity index (χ1v) is 12.3. The number of carboxylic acids is 1. The van der Waals surface area contributed by atoms with Gasteiger partial charge in [-0.1, -0.05) is 23.2 Å². The lowest BCUT2D eigenvalue weighted by Gasteiger charge is -2.27. The highest BCUT2D eigenvalue weighted by molar-refractivity contribution is 6.45. The number of carbonyl (C=O) groups is 2. The molecule has 36 heavy (non-hydrogen) atoms. The number of hydrogen-bond acceptors (Lipinski definition) is 8. The topological polar surface area (TPSA) is 164 Å². The molecule has 1 atom stereocenters. The minimum atomic E-state index is -0.856. The third-order valence-electron chi connectivity index (χ3n) is 6.16. The van der Waals surface area contributed by atoms with Crippen molar-refractivity contribution in [2.45, 2.75) is 38.3 Å². The lowest BCUT2D eigenvalue weighted by molar-refractivity contribution is -0.138. The van der Waals surface area contributed by atoms with Crippen molar-refractivity contribution in [1.29, 1.82) is 0 Å². The molecule has 2 aromatic rings. The van der Waals surface area contributed by atoms with Crippen LogP contribution < -0.4 is 11.3 Å². The van der Waals surface area contributed by atoms with Crippen molar-refractivity contribution < 1.29 is 29.7 Å². The van der Waals surface area contributed by atoms with Gasteiger partial charge in [-0.15, -0.1) is 0 Å². The number of benzene rings is 1. The predicted octanol–water partition coefficient (Wildman–Crippen LogP) is 2.33. The number of nitrogens with zero attached hydrogens (tertiary/aromatic N) is 2. The van der Waals surface area contributed by atoms with E-state index in [9.17, 15) is 14.7 Å². The molecular formula is C23H31Cl2N5O6. The Kier molecular flexibility index (Phi) is 10.4. The molecule has 0 aliphatic carbocycles. The fourth-order valence-electron chi connectivity index (χ4n) is 4.44. The van der Waals surface area contributed by atoms with Crippen molar-refractivity contribution in [2.75, 3.05) is 32.9 Å². The second-order valence-corrected chi connectivity index (χ2v) is 9.21. The van der Waals surface area contributed by atoms with E-state index in [0.717, 1.165) is 47.1 Å². The number of halogens is 2. The standard InChI is InChI=1S/C23H28Cl2N4O5.H3NO/c24-16-11-14(18-4-8-29(27-18)6-1-2-9-34-10-5-20(32)33)21-15-12-28(19(31)13-30)7-3-17(15)26-23(21)22(16)25;1-2/h4,8,11,18,26-27,30H,1-3,5-7,9-10,12-13H2,(H,32,33);2H,1H2. The normalized spacial score (nSPS) is 16.8. The Balaban J connectivity index is 0.00000176. The maximum absolute atomic E-state index is 12.1. The van der Waals surface area contributed by atoms with Crippen molar-refractivity contribution in [1.82, 2.24) is 20.3 Å². The number of H-pyrrole nitrogens is 1. The number of amides is 1. The number of hydrazine groups is 1. The molecule has 2 aliphatic rings. The SMILES string of the molecule is NO.O=C(O)CCOCCCCN1C=CC(c2cc(Cl)c(Cl)c3[nH]c4c(c23)CN(C(=O)CO)CC4)N1. The molecule has 1 aromatic carbocycles. The average Bonchev–Trinajstić information content (AvgIpc) is 3.51. The summed E-state index contributed by atoms with van der Waals surface area (Å²) in [7, 11) is 0. The van der Waals surface area contributed by atoms with E-state index in [1.165, 1.54) is 0 Å². The number of carboxylic acid groups (broad SMARTS) is 1. The zero-order valence-corrected chi connectivity index (χ0v) is 21.2. The smallest absolute Gasteiger partial charge is 0.305 e. The van der Waals surface area contributed by atoms with Gasteiger partial charge in [0.1, 0.15) is 6.61 Å². The molecule has 13 heteroatoms. The van der Waals surface area contributed by atoms with Crippen molar-refractivity contribution >= 4 is 46.0 Å². The van der Waals surface area contributed by atoms with E-state index in [0.29, 0.717) is 36.2 Å². The number of carbonyl (C=O) groups excluding carboxylic acids is 1. The number of fused-ring (bicyclic) bond motifs is 3. The number of hydrogen-bond donors (Lipinski definition) is 6. The first-order valence-electron chi connectivity index (χ1n) is 11.6. The fraction of sp³-hybridized carbons (Fsp3) is 0.478. The third kappa shape index (κ3) is 6.48. The summed E-state index contributed by atoms with van der Waals surface area (Å²) < 4.78 is 5.34. The van der Waals surface area contributed by atoms with Crippen molar-refractivity contribution in [3.63, 3.8) is 0 Å². The Morgan fingerprint density at radius 1 is 1.22 bits per heavy atom. The predicted molar refractivity (Wildman–Crippen MR) is 135 cm³/mol. The second kappa shape index (κ2) is 13.2. The number of ether oxygens (including phenoxy) is 1. The Bertz CT molecular complexity index is 1110. The number of aliphatic carboxylic acids is 1. The molecule has 3 heterocycles. The van der Waals surface area contributed by atoms with Gasteiger partial charge < -0.3 is 35.0 Å². The van der Waals surface area contributed by atoms with Crippen LogP contribution in [0.1, 0.15) is 42.1 Å². The molecule has 7 N–H and O–H groups in total. The maximum Gasteiger partial charge on any atom is 0.305 e. The molecular weight excluding hydrogens is 513 g/mol. The molecule has 0 bridgehead atoms. The average molecular weight is 544 g/mol. The van der Waals surface area contributed by atoms with E-state index < -0.39 is 12.6 Å². The highest BCUT2D eigenvalue weighted by Crippen LogP contribution is 2.41. The highest BCUT2D eigenvalue weighted by atomic mass is 35.5. The van der Waals surface area contributed by atoms with Crippen LogP contribution in [0.3, 0.4) is 0 Å². The molecule has 1 aromatic heterocycles. The van der Waals surface area contributed by atoms with Gasteiger partial charge in [0.25, 0.3) is 0 Å². The first kappa shape index (κ1) is 28.2. The van der Waals surface area contributed by atoms with Gasteiger partial charge in [-0.05, 0) is 30.5 Å². The summed E-state index contributed by atoms with van der Waals surface area (Å²) in [4.78, 5) is 27.7. The summed E-state index contributed by atoms with van der Waals surface area (Å²) in [6.45, 7) is 1.96. The molecule has 0 spiro atoms. The summed E-state index contributed by atoms with van der Waals surface area (Å²) in [6, 6.07) is 1.75. The fourth-order valence-corrected chi connectivity index (χ4v) is 4.85. The van der Waals surface area contributed by atoms with E-state index in [1.54, 1.807) is 4.90 Å². The number of aliphatic hydroxyl groups is 1. The van der Waals surface area contributed by atoms with Crippen LogP contribution in [-0.4, -0.2) is 75.1 Å². The van der Waals surface area contributed by atoms with Gasteiger partial charge in [-0.2, -0.15) is 0 Å². The summed E-state index contributed by atoms with van der Waals surface area (Å²) in [5.74, 6) is 2.35. The van der Waals surface area contributed by atoms with E-state index in [-0.39, 0.29) is 25.0 Å². The van der Waals surface area contributed by atoms with Gasteiger partial charge in [0.2, 0.25) is 5.91 Å². The van der Waals surface area contributed by atoms with E-state index in [2.05, 4.69) is 22.4 Å². The number of nitrogens with one attached hydrogen (secondary N) is 2. The van der Waals surface area contributed by atoms with Crippen LogP contribution in [0.15, 0.2) is 18.3 Å². The van der Waals surface area contributed by atoms with Crippen molar-refractivity contribution in [2.24, 2.45) is 5.90 Å². The maximum atomic E-state index is 12.1. The number of aromatic nitrogens is 1. The van der Waals surface area contributed by atoms with Crippen LogP contribution in [0.4, 0.5) is 0 Å². The van der Waals surface area contributed by atoms with Crippen LogP contribution in [-0.2, 0) is 27.3 Å². The molecule has 4 rings (SSSR count). The summed E-state index contributed by atoms with van der Waals surface area (Å²) >= 11 is 13.0. The molecule has 1 amide bonds. The molecule has 0 fully saturated rings. The summed E-state index contributed by atoms with van der Waals surface area (Å²) in [6.07, 6.45) is 6.42. The van der Waals surface area contributed by atoms with E-state index in [4.69, 9.17) is 38.3 Å². The van der Waals surface area contributed by atoms with Gasteiger partial charge in [-0.3, -0.25) is 9.59 Å². The van der Waals surface area contributed by atoms with E-state index in [1.807, 2.05) is 17.3 Å². The molecule has 1 unspecified atom stereocenters. The molecule has 0 saturated carbocycles. The van der Waals surface area contributed by atoms with Crippen molar-refractivity contribution in [3.05, 3.63) is 45.2 Å². The first-order chi connectivity index (χ1) is 17.4. The number of aliphatic hydroxyl groups excluding tert-OH is 1. The number of rotatable bonds is 10. The zero-order chi connectivity index (χ0) is 26.2. The second-order valence-electron chi connectivity index (χ2n) is 8.42. The van der Waals surface area contributed by atoms with Gasteiger partial charge in [0.15, 0.2) is 0 Å². The Hall–Kier alpha value is -2.38. The summed E-state index contributed by atoms with van der Waals surface area (Å²) in [5.41, 5.74) is 7.24. The molecule has 198 valence electrons. The monoisotopic (exact) mass is 543 g/mol. The molecule has 0 saturated heterocycles. The molecule has 2 aliphatic heterocycles. The van der Waals surface area contributed by atoms with Crippen LogP contribution in [0.2, 0.25) is 10.0 Å². The van der Waals surface area contributed by atoms with Gasteiger partial charge >= 0.3 is 5.97 Å². The van der Waals surface area contributed by atoms with Crippen LogP contribution in [0, 0.1) is 0 Å². The molecule has 0 radical (unpaired) electrons. The van der Waals surface area contributed by atoms with Gasteiger partial charge in [-0.25, -0.2) is 11.3 Å². The van der Waals surface area contributed by atoms with E-state index >= 15 is 0 Å². The third-order valence-corrected chi connectivity index (χ3v) is 6.94. The van der Waals surface area contributed by atoms with Gasteiger partial charge in [0.05, 0.1) is 34.6 Å². The largest absolute Gasteiger partial charge is 0.481 e. The lowest BCUT2D eigenvalue weighted by Crippen LogP contribution is -2.37. The zero-order valence-electron chi connectivity index (χ0n) is 19.7. The van der Waals surface area contributed by atoms with Gasteiger partial charge in [0, 0.05) is 55.5 Å². The van der Waals surface area contributed by atoms with Crippen LogP contribution in [0.5, 0.6) is 0 Å². The van der Waals surface area contributed by atoms with Crippen LogP contribution >= 0.6 is 23.2 Å². The number of nitrogens with two attached hydrogens (primary N) is 1. The lowest BCUT2D eigenvalue weighted by atomic mass is 9.96. The minimum Gasteiger partial charge on any atom is -0.481 e.